The second kappa shape index (κ2) is 6.64. The smallest absolute Gasteiger partial charge is 0.434 e. The summed E-state index contributed by atoms with van der Waals surface area (Å²) in [6.07, 6.45) is -5.07. The van der Waals surface area contributed by atoms with Crippen molar-refractivity contribution in [2.75, 3.05) is 0 Å². The van der Waals surface area contributed by atoms with Crippen molar-refractivity contribution < 1.29 is 17.9 Å². The van der Waals surface area contributed by atoms with Crippen LogP contribution in [-0.4, -0.2) is 19.7 Å². The first kappa shape index (κ1) is 17.7. The Hall–Kier alpha value is -2.13. The van der Waals surface area contributed by atoms with Gasteiger partial charge in [-0.05, 0) is 31.2 Å². The maximum Gasteiger partial charge on any atom is 0.434 e. The van der Waals surface area contributed by atoms with E-state index in [0.29, 0.717) is 16.6 Å². The molecule has 0 amide bonds. The van der Waals surface area contributed by atoms with Gasteiger partial charge in [-0.25, -0.2) is 4.98 Å². The Morgan fingerprint density at radius 1 is 1.20 bits per heavy atom. The highest BCUT2D eigenvalue weighted by Crippen LogP contribution is 2.38. The van der Waals surface area contributed by atoms with E-state index in [4.69, 9.17) is 16.3 Å². The standard InChI is InChI=1S/C15H12ClF3N4OS/c1-8(24-10-5-3-9(16)4-6-10)13-21-22-14(23(13)2)11-12(15(17,18)19)20-7-25-11/h3-8H,1-2H3. The van der Waals surface area contributed by atoms with Gasteiger partial charge in [0.25, 0.3) is 0 Å². The van der Waals surface area contributed by atoms with Gasteiger partial charge >= 0.3 is 6.18 Å². The third-order valence-corrected chi connectivity index (χ3v) is 4.51. The van der Waals surface area contributed by atoms with Crippen molar-refractivity contribution in [2.24, 2.45) is 7.05 Å². The third kappa shape index (κ3) is 3.62. The van der Waals surface area contributed by atoms with Crippen LogP contribution in [-0.2, 0) is 13.2 Å². The molecule has 0 aliphatic rings. The first-order valence-electron chi connectivity index (χ1n) is 7.10. The van der Waals surface area contributed by atoms with E-state index >= 15 is 0 Å². The fraction of sp³-hybridized carbons (Fsp3) is 0.267. The Labute approximate surface area is 150 Å². The average Bonchev–Trinajstić information content (AvgIpc) is 3.15. The zero-order valence-corrected chi connectivity index (χ0v) is 14.7. The molecule has 25 heavy (non-hydrogen) atoms. The van der Waals surface area contributed by atoms with Crippen LogP contribution in [0.5, 0.6) is 5.75 Å². The van der Waals surface area contributed by atoms with Crippen molar-refractivity contribution in [3.05, 3.63) is 46.3 Å². The maximum atomic E-state index is 13.0. The highest BCUT2D eigenvalue weighted by molar-refractivity contribution is 7.13. The second-order valence-corrected chi connectivity index (χ2v) is 6.47. The zero-order chi connectivity index (χ0) is 18.2. The fourth-order valence-electron chi connectivity index (χ4n) is 2.27. The number of benzene rings is 1. The molecule has 3 rings (SSSR count). The largest absolute Gasteiger partial charge is 0.483 e. The molecule has 0 radical (unpaired) electrons. The van der Waals surface area contributed by atoms with E-state index in [1.807, 2.05) is 0 Å². The molecule has 0 aliphatic carbocycles. The summed E-state index contributed by atoms with van der Waals surface area (Å²) in [6, 6.07) is 6.75. The quantitative estimate of drug-likeness (QED) is 0.647. The Balaban J connectivity index is 1.89. The molecule has 0 saturated carbocycles. The van der Waals surface area contributed by atoms with Crippen molar-refractivity contribution in [3.8, 4) is 16.5 Å². The van der Waals surface area contributed by atoms with Crippen LogP contribution in [0.3, 0.4) is 0 Å². The highest BCUT2D eigenvalue weighted by atomic mass is 35.5. The zero-order valence-electron chi connectivity index (χ0n) is 13.1. The van der Waals surface area contributed by atoms with Gasteiger partial charge in [-0.15, -0.1) is 21.5 Å². The summed E-state index contributed by atoms with van der Waals surface area (Å²) in [5.74, 6) is 1.05. The first-order chi connectivity index (χ1) is 11.8. The molecule has 5 nitrogen and oxygen atoms in total. The maximum absolute atomic E-state index is 13.0. The molecule has 0 aliphatic heterocycles. The van der Waals surface area contributed by atoms with Crippen molar-refractivity contribution in [1.82, 2.24) is 19.7 Å². The summed E-state index contributed by atoms with van der Waals surface area (Å²) in [5, 5.41) is 8.45. The van der Waals surface area contributed by atoms with Crippen LogP contribution in [0.2, 0.25) is 5.02 Å². The topological polar surface area (TPSA) is 52.8 Å². The van der Waals surface area contributed by atoms with Gasteiger partial charge in [0.05, 0.1) is 5.51 Å². The van der Waals surface area contributed by atoms with Crippen LogP contribution in [0, 0.1) is 0 Å². The van der Waals surface area contributed by atoms with Crippen molar-refractivity contribution in [2.45, 2.75) is 19.2 Å². The average molecular weight is 389 g/mol. The number of nitrogens with zero attached hydrogens (tertiary/aromatic N) is 4. The Morgan fingerprint density at radius 3 is 2.52 bits per heavy atom. The van der Waals surface area contributed by atoms with E-state index in [2.05, 4.69) is 15.2 Å². The van der Waals surface area contributed by atoms with E-state index < -0.39 is 18.0 Å². The van der Waals surface area contributed by atoms with Crippen LogP contribution in [0.25, 0.3) is 10.7 Å². The summed E-state index contributed by atoms with van der Waals surface area (Å²) in [5.41, 5.74) is 0.172. The van der Waals surface area contributed by atoms with E-state index in [-0.39, 0.29) is 10.7 Å². The number of ether oxygens (including phenoxy) is 1. The molecule has 3 aromatic rings. The molecule has 2 heterocycles. The molecule has 10 heteroatoms. The van der Waals surface area contributed by atoms with Crippen LogP contribution in [0.15, 0.2) is 29.8 Å². The predicted molar refractivity (Wildman–Crippen MR) is 87.6 cm³/mol. The molecule has 0 fully saturated rings. The molecule has 0 saturated heterocycles. The normalized spacial score (nSPS) is 13.0. The second-order valence-electron chi connectivity index (χ2n) is 5.18. The van der Waals surface area contributed by atoms with E-state index in [0.717, 1.165) is 16.8 Å². The number of rotatable bonds is 4. The van der Waals surface area contributed by atoms with Crippen LogP contribution in [0.1, 0.15) is 24.5 Å². The molecule has 1 atom stereocenters. The van der Waals surface area contributed by atoms with Crippen LogP contribution < -0.4 is 4.74 Å². The van der Waals surface area contributed by atoms with Gasteiger partial charge < -0.3 is 9.30 Å². The number of halogens is 4. The summed E-state index contributed by atoms with van der Waals surface area (Å²) >= 11 is 6.69. The van der Waals surface area contributed by atoms with Gasteiger partial charge in [0.1, 0.15) is 10.6 Å². The number of alkyl halides is 3. The third-order valence-electron chi connectivity index (χ3n) is 3.44. The molecule has 132 valence electrons. The van der Waals surface area contributed by atoms with Crippen molar-refractivity contribution >= 4 is 22.9 Å². The highest BCUT2D eigenvalue weighted by Gasteiger charge is 2.38. The number of thiazole rings is 1. The minimum absolute atomic E-state index is 0.0764. The lowest BCUT2D eigenvalue weighted by atomic mass is 10.3. The van der Waals surface area contributed by atoms with Gasteiger partial charge in [0.2, 0.25) is 0 Å². The molecular weight excluding hydrogens is 377 g/mol. The molecular formula is C15H12ClF3N4OS. The molecule has 0 N–H and O–H groups in total. The number of hydrogen-bond donors (Lipinski definition) is 0. The van der Waals surface area contributed by atoms with Crippen molar-refractivity contribution in [3.63, 3.8) is 0 Å². The molecule has 2 aromatic heterocycles. The lowest BCUT2D eigenvalue weighted by Crippen LogP contribution is -2.11. The van der Waals surface area contributed by atoms with E-state index in [1.54, 1.807) is 38.2 Å². The first-order valence-corrected chi connectivity index (χ1v) is 8.35. The van der Waals surface area contributed by atoms with Gasteiger partial charge in [-0.3, -0.25) is 0 Å². The SMILES string of the molecule is CC(Oc1ccc(Cl)cc1)c1nnc(-c2scnc2C(F)(F)F)n1C. The minimum Gasteiger partial charge on any atom is -0.483 e. The summed E-state index contributed by atoms with van der Waals surface area (Å²) in [6.45, 7) is 1.74. The van der Waals surface area contributed by atoms with Gasteiger partial charge in [0.15, 0.2) is 23.4 Å². The summed E-state index contributed by atoms with van der Waals surface area (Å²) in [4.78, 5) is 3.33. The molecule has 1 aromatic carbocycles. The predicted octanol–water partition coefficient (Wildman–Crippen LogP) is 4.75. The van der Waals surface area contributed by atoms with Crippen LogP contribution >= 0.6 is 22.9 Å². The van der Waals surface area contributed by atoms with E-state index in [1.165, 1.54) is 4.57 Å². The summed E-state index contributed by atoms with van der Waals surface area (Å²) in [7, 11) is 1.59. The van der Waals surface area contributed by atoms with Gasteiger partial charge in [-0.2, -0.15) is 13.2 Å². The van der Waals surface area contributed by atoms with E-state index in [9.17, 15) is 13.2 Å². The Kier molecular flexibility index (Phi) is 4.70. The monoisotopic (exact) mass is 388 g/mol. The Morgan fingerprint density at radius 2 is 1.88 bits per heavy atom. The van der Waals surface area contributed by atoms with Gasteiger partial charge in [-0.1, -0.05) is 11.6 Å². The Bertz CT molecular complexity index is 876. The molecule has 0 spiro atoms. The number of hydrogen-bond acceptors (Lipinski definition) is 5. The molecule has 1 unspecified atom stereocenters. The van der Waals surface area contributed by atoms with Crippen LogP contribution in [0.4, 0.5) is 13.2 Å². The fourth-order valence-corrected chi connectivity index (χ4v) is 3.22. The van der Waals surface area contributed by atoms with Crippen molar-refractivity contribution in [1.29, 1.82) is 0 Å². The minimum atomic E-state index is -4.55. The summed E-state index contributed by atoms with van der Waals surface area (Å²) < 4.78 is 46.3. The lowest BCUT2D eigenvalue weighted by Gasteiger charge is -2.14. The lowest BCUT2D eigenvalue weighted by molar-refractivity contribution is -0.140. The number of aromatic nitrogens is 4. The molecule has 0 bridgehead atoms. The van der Waals surface area contributed by atoms with Gasteiger partial charge in [0, 0.05) is 12.1 Å².